The first-order valence-corrected chi connectivity index (χ1v) is 11.7. The highest BCUT2D eigenvalue weighted by Gasteiger charge is 2.46. The van der Waals surface area contributed by atoms with Gasteiger partial charge in [-0.1, -0.05) is 26.0 Å². The lowest BCUT2D eigenvalue weighted by Crippen LogP contribution is -2.38. The van der Waals surface area contributed by atoms with Crippen molar-refractivity contribution in [2.45, 2.75) is 39.8 Å². The number of hydrogen-bond donors (Lipinski definition) is 1. The maximum Gasteiger partial charge on any atom is 0.295 e. The Morgan fingerprint density at radius 2 is 1.80 bits per heavy atom. The highest BCUT2D eigenvalue weighted by molar-refractivity contribution is 6.46. The molecule has 35 heavy (non-hydrogen) atoms. The zero-order valence-electron chi connectivity index (χ0n) is 20.4. The second-order valence-corrected chi connectivity index (χ2v) is 8.56. The molecule has 0 saturated carbocycles. The zero-order chi connectivity index (χ0) is 25.7. The fraction of sp³-hybridized carbons (Fsp3) is 0.385. The number of aliphatic hydroxyl groups excluding tert-OH is 1. The summed E-state index contributed by atoms with van der Waals surface area (Å²) in [6.07, 6.45) is -0.0283. The van der Waals surface area contributed by atoms with Crippen LogP contribution in [0.4, 0.5) is 5.69 Å². The number of amides is 1. The molecule has 3 rings (SSSR count). The van der Waals surface area contributed by atoms with Crippen molar-refractivity contribution < 1.29 is 24.4 Å². The normalized spacial score (nSPS) is 17.4. The quantitative estimate of drug-likeness (QED) is 0.178. The first-order chi connectivity index (χ1) is 16.7. The topological polar surface area (TPSA) is 113 Å². The fourth-order valence-corrected chi connectivity index (χ4v) is 4.17. The molecule has 1 amide bonds. The van der Waals surface area contributed by atoms with Crippen LogP contribution in [0.25, 0.3) is 5.76 Å². The number of nitrogens with zero attached hydrogens (tertiary/aromatic N) is 3. The molecule has 9 nitrogen and oxygen atoms in total. The number of hydrogen-bond acceptors (Lipinski definition) is 7. The second-order valence-electron chi connectivity index (χ2n) is 8.56. The van der Waals surface area contributed by atoms with Crippen molar-refractivity contribution in [3.05, 3.63) is 75.3 Å². The molecule has 1 saturated heterocycles. The molecule has 1 unspecified atom stereocenters. The first-order valence-electron chi connectivity index (χ1n) is 11.7. The van der Waals surface area contributed by atoms with Gasteiger partial charge < -0.3 is 19.6 Å². The van der Waals surface area contributed by atoms with E-state index < -0.39 is 22.7 Å². The summed E-state index contributed by atoms with van der Waals surface area (Å²) < 4.78 is 5.64. The van der Waals surface area contributed by atoms with Crippen molar-refractivity contribution in [2.75, 3.05) is 26.2 Å². The van der Waals surface area contributed by atoms with Gasteiger partial charge in [0.25, 0.3) is 17.4 Å². The molecule has 0 bridgehead atoms. The van der Waals surface area contributed by atoms with E-state index in [1.807, 2.05) is 27.7 Å². The maximum absolute atomic E-state index is 13.1. The molecular weight excluding hydrogens is 450 g/mol. The third-order valence-corrected chi connectivity index (χ3v) is 5.99. The van der Waals surface area contributed by atoms with Gasteiger partial charge in [-0.25, -0.2) is 0 Å². The van der Waals surface area contributed by atoms with Crippen molar-refractivity contribution in [3.8, 4) is 5.75 Å². The molecule has 1 aliphatic rings. The van der Waals surface area contributed by atoms with Crippen LogP contribution >= 0.6 is 0 Å². The Hall–Kier alpha value is -3.72. The molecule has 1 N–H and O–H groups in total. The smallest absolute Gasteiger partial charge is 0.295 e. The van der Waals surface area contributed by atoms with E-state index in [-0.39, 0.29) is 29.7 Å². The summed E-state index contributed by atoms with van der Waals surface area (Å²) in [5.41, 5.74) is 0.483. The fourth-order valence-electron chi connectivity index (χ4n) is 4.17. The lowest BCUT2D eigenvalue weighted by molar-refractivity contribution is -0.384. The molecule has 9 heteroatoms. The van der Waals surface area contributed by atoms with Crippen molar-refractivity contribution in [3.63, 3.8) is 0 Å². The molecule has 1 fully saturated rings. The van der Waals surface area contributed by atoms with E-state index in [0.717, 1.165) is 13.1 Å². The van der Waals surface area contributed by atoms with Gasteiger partial charge in [-0.2, -0.15) is 0 Å². The third-order valence-electron chi connectivity index (χ3n) is 5.99. The van der Waals surface area contributed by atoms with Crippen molar-refractivity contribution in [1.82, 2.24) is 9.80 Å². The average Bonchev–Trinajstić information content (AvgIpc) is 3.09. The number of non-ortho nitro benzene ring substituents is 1. The number of ketones is 1. The SMILES string of the molecule is CCN(CC)CCN1C(=O)C(=O)/C(=C(\O)c2ccc(OC(C)C)cc2)C1c1cccc([N+](=O)[O-])c1. The van der Waals surface area contributed by atoms with Gasteiger partial charge in [0.15, 0.2) is 0 Å². The lowest BCUT2D eigenvalue weighted by Gasteiger charge is -2.28. The Labute approximate surface area is 204 Å². The Balaban J connectivity index is 2.09. The number of benzene rings is 2. The van der Waals surface area contributed by atoms with Gasteiger partial charge in [0.1, 0.15) is 11.5 Å². The molecule has 0 aliphatic carbocycles. The van der Waals surface area contributed by atoms with E-state index in [4.69, 9.17) is 4.74 Å². The summed E-state index contributed by atoms with van der Waals surface area (Å²) in [5.74, 6) is -1.29. The molecule has 1 aliphatic heterocycles. The molecule has 0 radical (unpaired) electrons. The van der Waals surface area contributed by atoms with E-state index in [0.29, 0.717) is 23.4 Å². The highest BCUT2D eigenvalue weighted by Crippen LogP contribution is 2.40. The van der Waals surface area contributed by atoms with E-state index in [2.05, 4.69) is 4.90 Å². The Morgan fingerprint density at radius 1 is 1.14 bits per heavy atom. The van der Waals surface area contributed by atoms with Crippen LogP contribution in [0.15, 0.2) is 54.1 Å². The summed E-state index contributed by atoms with van der Waals surface area (Å²) in [6, 6.07) is 11.4. The number of rotatable bonds is 10. The van der Waals surface area contributed by atoms with E-state index in [1.54, 1.807) is 30.3 Å². The van der Waals surface area contributed by atoms with Crippen LogP contribution in [-0.4, -0.2) is 63.8 Å². The predicted octanol–water partition coefficient (Wildman–Crippen LogP) is 4.15. The minimum absolute atomic E-state index is 0.0283. The number of carbonyl (C=O) groups excluding carboxylic acids is 2. The molecular formula is C26H31N3O6. The number of likely N-dealkylation sites (tertiary alicyclic amines) is 1. The Morgan fingerprint density at radius 3 is 2.37 bits per heavy atom. The van der Waals surface area contributed by atoms with Crippen LogP contribution in [0, 0.1) is 10.1 Å². The third kappa shape index (κ3) is 5.68. The molecule has 2 aromatic rings. The number of nitro groups is 1. The van der Waals surface area contributed by atoms with Gasteiger partial charge in [-0.05, 0) is 56.8 Å². The van der Waals surface area contributed by atoms with Gasteiger partial charge in [0, 0.05) is 30.8 Å². The van der Waals surface area contributed by atoms with Crippen molar-refractivity contribution in [2.24, 2.45) is 0 Å². The number of ether oxygens (including phenoxy) is 1. The van der Waals surface area contributed by atoms with E-state index >= 15 is 0 Å². The van der Waals surface area contributed by atoms with Crippen LogP contribution in [0.2, 0.25) is 0 Å². The lowest BCUT2D eigenvalue weighted by atomic mass is 9.95. The largest absolute Gasteiger partial charge is 0.507 e. The van der Waals surface area contributed by atoms with Crippen LogP contribution in [0.1, 0.15) is 44.9 Å². The maximum atomic E-state index is 13.1. The Bertz CT molecular complexity index is 1120. The van der Waals surface area contributed by atoms with Gasteiger partial charge in [0.05, 0.1) is 22.6 Å². The zero-order valence-corrected chi connectivity index (χ0v) is 20.4. The predicted molar refractivity (Wildman–Crippen MR) is 132 cm³/mol. The van der Waals surface area contributed by atoms with Gasteiger partial charge in [0.2, 0.25) is 0 Å². The standard InChI is InChI=1S/C26H31N3O6/c1-5-27(6-2)14-15-28-23(19-8-7-9-20(16-19)29(33)34)22(25(31)26(28)32)24(30)18-10-12-21(13-11-18)35-17(3)4/h7-13,16-17,23,30H,5-6,14-15H2,1-4H3/b24-22-. The molecule has 0 spiro atoms. The van der Waals surface area contributed by atoms with Crippen LogP contribution < -0.4 is 4.74 Å². The number of nitro benzene ring substituents is 1. The van der Waals surface area contributed by atoms with Crippen LogP contribution in [0.5, 0.6) is 5.75 Å². The number of carbonyl (C=O) groups is 2. The minimum Gasteiger partial charge on any atom is -0.507 e. The van der Waals surface area contributed by atoms with Gasteiger partial charge in [-0.3, -0.25) is 19.7 Å². The Kier molecular flexibility index (Phi) is 8.24. The van der Waals surface area contributed by atoms with Crippen LogP contribution in [0.3, 0.4) is 0 Å². The highest BCUT2D eigenvalue weighted by atomic mass is 16.6. The minimum atomic E-state index is -0.947. The monoisotopic (exact) mass is 481 g/mol. The average molecular weight is 482 g/mol. The van der Waals surface area contributed by atoms with Crippen LogP contribution in [-0.2, 0) is 9.59 Å². The van der Waals surface area contributed by atoms with Crippen molar-refractivity contribution in [1.29, 1.82) is 0 Å². The molecule has 186 valence electrons. The number of aliphatic hydroxyl groups is 1. The number of Topliss-reactive ketones (excluding diaryl/α,β-unsaturated/α-hetero) is 1. The summed E-state index contributed by atoms with van der Waals surface area (Å²) in [5, 5.41) is 22.6. The summed E-state index contributed by atoms with van der Waals surface area (Å²) in [7, 11) is 0. The second kappa shape index (κ2) is 11.1. The van der Waals surface area contributed by atoms with Crippen molar-refractivity contribution >= 4 is 23.1 Å². The molecule has 0 aromatic heterocycles. The van der Waals surface area contributed by atoms with Gasteiger partial charge in [-0.15, -0.1) is 0 Å². The van der Waals surface area contributed by atoms with E-state index in [9.17, 15) is 24.8 Å². The summed E-state index contributed by atoms with van der Waals surface area (Å²) >= 11 is 0. The summed E-state index contributed by atoms with van der Waals surface area (Å²) in [6.45, 7) is 10.1. The molecule has 2 aromatic carbocycles. The first kappa shape index (κ1) is 25.9. The summed E-state index contributed by atoms with van der Waals surface area (Å²) in [4.78, 5) is 40.6. The molecule has 1 atom stereocenters. The van der Waals surface area contributed by atoms with E-state index in [1.165, 1.54) is 23.1 Å². The molecule has 1 heterocycles. The van der Waals surface area contributed by atoms with Gasteiger partial charge >= 0.3 is 0 Å². The number of likely N-dealkylation sites (N-methyl/N-ethyl adjacent to an activating group) is 1.